The predicted octanol–water partition coefficient (Wildman–Crippen LogP) is 2.35. The molecule has 2 nitrogen and oxygen atoms in total. The Bertz CT molecular complexity index is 168. The summed E-state index contributed by atoms with van der Waals surface area (Å²) in [7, 11) is 0. The highest BCUT2D eigenvalue weighted by atomic mass is 15.2. The first-order valence-electron chi connectivity index (χ1n) is 6.54. The van der Waals surface area contributed by atoms with Gasteiger partial charge < -0.3 is 5.32 Å². The van der Waals surface area contributed by atoms with Crippen LogP contribution >= 0.6 is 0 Å². The van der Waals surface area contributed by atoms with Crippen molar-refractivity contribution in [3.8, 4) is 0 Å². The van der Waals surface area contributed by atoms with Crippen LogP contribution in [0.5, 0.6) is 0 Å². The zero-order valence-corrected chi connectivity index (χ0v) is 10.9. The smallest absolute Gasteiger partial charge is 0.0110 e. The molecule has 0 aromatic rings. The Kier molecular flexibility index (Phi) is 5.62. The summed E-state index contributed by atoms with van der Waals surface area (Å²) in [6, 6.07) is 0.798. The molecule has 0 saturated carbocycles. The Morgan fingerprint density at radius 3 is 2.53 bits per heavy atom. The Hall–Kier alpha value is -0.0800. The average Bonchev–Trinajstić information content (AvgIpc) is 2.44. The van der Waals surface area contributed by atoms with Crippen LogP contribution in [0, 0.1) is 11.8 Å². The number of likely N-dealkylation sites (tertiary alicyclic amines) is 1. The van der Waals surface area contributed by atoms with Crippen LogP contribution in [-0.4, -0.2) is 37.1 Å². The third-order valence-corrected chi connectivity index (χ3v) is 3.39. The first kappa shape index (κ1) is 13.0. The molecule has 0 bridgehead atoms. The van der Waals surface area contributed by atoms with E-state index < -0.39 is 0 Å². The fourth-order valence-electron chi connectivity index (χ4n) is 2.44. The summed E-state index contributed by atoms with van der Waals surface area (Å²) in [5, 5.41) is 3.54. The van der Waals surface area contributed by atoms with E-state index in [1.807, 2.05) is 0 Å². The molecule has 0 aromatic carbocycles. The van der Waals surface area contributed by atoms with E-state index in [1.165, 1.54) is 32.5 Å². The fourth-order valence-corrected chi connectivity index (χ4v) is 2.44. The number of rotatable bonds is 6. The van der Waals surface area contributed by atoms with Gasteiger partial charge in [-0.15, -0.1) is 0 Å². The highest BCUT2D eigenvalue weighted by Crippen LogP contribution is 2.21. The summed E-state index contributed by atoms with van der Waals surface area (Å²) in [6.07, 6.45) is 2.68. The van der Waals surface area contributed by atoms with Crippen LogP contribution in [0.4, 0.5) is 0 Å². The van der Waals surface area contributed by atoms with Crippen molar-refractivity contribution in [1.82, 2.24) is 10.2 Å². The van der Waals surface area contributed by atoms with Crippen molar-refractivity contribution >= 4 is 0 Å². The molecule has 0 aromatic heterocycles. The van der Waals surface area contributed by atoms with Crippen molar-refractivity contribution in [2.75, 3.05) is 26.2 Å². The number of hydrogen-bond donors (Lipinski definition) is 1. The van der Waals surface area contributed by atoms with Gasteiger partial charge in [-0.3, -0.25) is 4.90 Å². The van der Waals surface area contributed by atoms with Crippen LogP contribution in [0.1, 0.15) is 40.5 Å². The summed E-state index contributed by atoms with van der Waals surface area (Å²) in [6.45, 7) is 14.1. The van der Waals surface area contributed by atoms with Crippen molar-refractivity contribution in [2.45, 2.75) is 46.6 Å². The maximum absolute atomic E-state index is 3.54. The molecule has 0 aliphatic carbocycles. The molecule has 0 amide bonds. The monoisotopic (exact) mass is 212 g/mol. The van der Waals surface area contributed by atoms with Gasteiger partial charge in [-0.05, 0) is 38.1 Å². The summed E-state index contributed by atoms with van der Waals surface area (Å²) in [5.41, 5.74) is 0. The Labute approximate surface area is 95.4 Å². The topological polar surface area (TPSA) is 15.3 Å². The molecule has 15 heavy (non-hydrogen) atoms. The maximum Gasteiger partial charge on any atom is 0.0110 e. The van der Waals surface area contributed by atoms with Crippen LogP contribution in [-0.2, 0) is 0 Å². The normalized spacial score (nSPS) is 27.8. The van der Waals surface area contributed by atoms with Gasteiger partial charge in [0, 0.05) is 25.7 Å². The van der Waals surface area contributed by atoms with Crippen LogP contribution < -0.4 is 5.32 Å². The second-order valence-electron chi connectivity index (χ2n) is 5.62. The van der Waals surface area contributed by atoms with E-state index in [1.54, 1.807) is 0 Å². The minimum absolute atomic E-state index is 0.798. The van der Waals surface area contributed by atoms with E-state index >= 15 is 0 Å². The summed E-state index contributed by atoms with van der Waals surface area (Å²) >= 11 is 0. The molecule has 1 heterocycles. The molecule has 1 rings (SSSR count). The Morgan fingerprint density at radius 2 is 2.00 bits per heavy atom. The molecule has 1 N–H and O–H groups in total. The zero-order valence-electron chi connectivity index (χ0n) is 10.9. The molecule has 1 fully saturated rings. The van der Waals surface area contributed by atoms with Crippen LogP contribution in [0.2, 0.25) is 0 Å². The standard InChI is InChI=1S/C13H28N2/c1-11(2)5-6-14-7-8-15-10-12(3)9-13(15)4/h11-14H,5-10H2,1-4H3. The molecule has 2 atom stereocenters. The largest absolute Gasteiger partial charge is 0.315 e. The van der Waals surface area contributed by atoms with Gasteiger partial charge in [0.15, 0.2) is 0 Å². The van der Waals surface area contributed by atoms with Crippen molar-refractivity contribution in [3.05, 3.63) is 0 Å². The highest BCUT2D eigenvalue weighted by Gasteiger charge is 2.24. The lowest BCUT2D eigenvalue weighted by atomic mass is 10.1. The van der Waals surface area contributed by atoms with Crippen LogP contribution in [0.3, 0.4) is 0 Å². The lowest BCUT2D eigenvalue weighted by molar-refractivity contribution is 0.264. The Balaban J connectivity index is 2.00. The van der Waals surface area contributed by atoms with Crippen molar-refractivity contribution in [3.63, 3.8) is 0 Å². The summed E-state index contributed by atoms with van der Waals surface area (Å²) < 4.78 is 0. The van der Waals surface area contributed by atoms with E-state index in [4.69, 9.17) is 0 Å². The van der Waals surface area contributed by atoms with Gasteiger partial charge >= 0.3 is 0 Å². The molecule has 1 aliphatic heterocycles. The van der Waals surface area contributed by atoms with E-state index in [-0.39, 0.29) is 0 Å². The fraction of sp³-hybridized carbons (Fsp3) is 1.00. The first-order valence-corrected chi connectivity index (χ1v) is 6.54. The second-order valence-corrected chi connectivity index (χ2v) is 5.62. The van der Waals surface area contributed by atoms with Crippen molar-refractivity contribution in [1.29, 1.82) is 0 Å². The minimum atomic E-state index is 0.798. The Morgan fingerprint density at radius 1 is 1.27 bits per heavy atom. The van der Waals surface area contributed by atoms with E-state index in [0.29, 0.717) is 0 Å². The average molecular weight is 212 g/mol. The second kappa shape index (κ2) is 6.49. The number of hydrogen-bond acceptors (Lipinski definition) is 2. The van der Waals surface area contributed by atoms with Crippen LogP contribution in [0.15, 0.2) is 0 Å². The highest BCUT2D eigenvalue weighted by molar-refractivity contribution is 4.80. The minimum Gasteiger partial charge on any atom is -0.315 e. The van der Waals surface area contributed by atoms with E-state index in [2.05, 4.69) is 37.9 Å². The maximum atomic E-state index is 3.54. The van der Waals surface area contributed by atoms with Gasteiger partial charge in [0.1, 0.15) is 0 Å². The third kappa shape index (κ3) is 4.98. The van der Waals surface area contributed by atoms with E-state index in [0.717, 1.165) is 24.4 Å². The third-order valence-electron chi connectivity index (χ3n) is 3.39. The molecule has 1 saturated heterocycles. The molecular weight excluding hydrogens is 184 g/mol. The van der Waals surface area contributed by atoms with Crippen LogP contribution in [0.25, 0.3) is 0 Å². The molecule has 1 aliphatic rings. The molecule has 0 spiro atoms. The molecule has 2 heteroatoms. The first-order chi connectivity index (χ1) is 7.09. The quantitative estimate of drug-likeness (QED) is 0.680. The van der Waals surface area contributed by atoms with E-state index in [9.17, 15) is 0 Å². The van der Waals surface area contributed by atoms with Gasteiger partial charge in [-0.1, -0.05) is 20.8 Å². The number of nitrogens with one attached hydrogen (secondary N) is 1. The van der Waals surface area contributed by atoms with Gasteiger partial charge in [0.05, 0.1) is 0 Å². The zero-order chi connectivity index (χ0) is 11.3. The SMILES string of the molecule is CC(C)CCNCCN1CC(C)CC1C. The van der Waals surface area contributed by atoms with Crippen molar-refractivity contribution in [2.24, 2.45) is 11.8 Å². The van der Waals surface area contributed by atoms with Gasteiger partial charge in [-0.2, -0.15) is 0 Å². The lowest BCUT2D eigenvalue weighted by Crippen LogP contribution is -2.34. The molecule has 0 radical (unpaired) electrons. The van der Waals surface area contributed by atoms with Gasteiger partial charge in [0.25, 0.3) is 0 Å². The van der Waals surface area contributed by atoms with Gasteiger partial charge in [-0.25, -0.2) is 0 Å². The molecule has 2 unspecified atom stereocenters. The van der Waals surface area contributed by atoms with Crippen molar-refractivity contribution < 1.29 is 0 Å². The lowest BCUT2D eigenvalue weighted by Gasteiger charge is -2.21. The van der Waals surface area contributed by atoms with Gasteiger partial charge in [0.2, 0.25) is 0 Å². The summed E-state index contributed by atoms with van der Waals surface area (Å²) in [5.74, 6) is 1.72. The summed E-state index contributed by atoms with van der Waals surface area (Å²) in [4.78, 5) is 2.62. The number of nitrogens with zero attached hydrogens (tertiary/aromatic N) is 1. The molecule has 90 valence electrons. The molecular formula is C13H28N2. The predicted molar refractivity (Wildman–Crippen MR) is 67.1 cm³/mol.